The molecular formula is C9H8N2O3. The zero-order chi connectivity index (χ0) is 10.1. The lowest BCUT2D eigenvalue weighted by Crippen LogP contribution is -2.34. The average Bonchev–Trinajstić information content (AvgIpc) is 2.18. The van der Waals surface area contributed by atoms with E-state index in [4.69, 9.17) is 5.11 Å². The summed E-state index contributed by atoms with van der Waals surface area (Å²) in [4.78, 5) is 22.0. The fourth-order valence-corrected chi connectivity index (χ4v) is 1.33. The molecule has 0 unspecified atom stereocenters. The van der Waals surface area contributed by atoms with Crippen LogP contribution < -0.4 is 10.6 Å². The number of hydrogen-bond donors (Lipinski definition) is 3. The maximum Gasteiger partial charge on any atom is 0.335 e. The second-order valence-electron chi connectivity index (χ2n) is 2.92. The maximum atomic E-state index is 11.3. The smallest absolute Gasteiger partial charge is 0.335 e. The molecule has 0 atom stereocenters. The predicted molar refractivity (Wildman–Crippen MR) is 49.4 cm³/mol. The van der Waals surface area contributed by atoms with Crippen molar-refractivity contribution in [2.24, 2.45) is 0 Å². The van der Waals surface area contributed by atoms with Crippen molar-refractivity contribution in [2.75, 3.05) is 12.0 Å². The van der Waals surface area contributed by atoms with Crippen LogP contribution in [-0.2, 0) is 0 Å². The number of carbonyl (C=O) groups is 2. The minimum absolute atomic E-state index is 0.114. The first-order chi connectivity index (χ1) is 6.68. The van der Waals surface area contributed by atoms with Crippen molar-refractivity contribution >= 4 is 17.6 Å². The fourth-order valence-electron chi connectivity index (χ4n) is 1.33. The van der Waals surface area contributed by atoms with Gasteiger partial charge >= 0.3 is 5.97 Å². The van der Waals surface area contributed by atoms with Crippen LogP contribution >= 0.6 is 0 Å². The molecule has 3 N–H and O–H groups in total. The van der Waals surface area contributed by atoms with Crippen LogP contribution in [0.3, 0.4) is 0 Å². The summed E-state index contributed by atoms with van der Waals surface area (Å²) in [6.07, 6.45) is 0. The fraction of sp³-hybridized carbons (Fsp3) is 0.111. The normalized spacial score (nSPS) is 13.9. The zero-order valence-electron chi connectivity index (χ0n) is 7.20. The van der Waals surface area contributed by atoms with Gasteiger partial charge in [0.25, 0.3) is 5.91 Å². The molecule has 5 heteroatoms. The van der Waals surface area contributed by atoms with Crippen molar-refractivity contribution in [3.8, 4) is 0 Å². The molecule has 14 heavy (non-hydrogen) atoms. The second kappa shape index (κ2) is 3.02. The van der Waals surface area contributed by atoms with E-state index in [0.29, 0.717) is 17.9 Å². The van der Waals surface area contributed by atoms with Gasteiger partial charge in [-0.2, -0.15) is 0 Å². The molecular weight excluding hydrogens is 184 g/mol. The summed E-state index contributed by atoms with van der Waals surface area (Å²) in [5.74, 6) is -1.28. The molecule has 0 saturated heterocycles. The summed E-state index contributed by atoms with van der Waals surface area (Å²) >= 11 is 0. The van der Waals surface area contributed by atoms with Crippen LogP contribution in [0.4, 0.5) is 5.69 Å². The highest BCUT2D eigenvalue weighted by Crippen LogP contribution is 2.19. The van der Waals surface area contributed by atoms with Crippen molar-refractivity contribution in [2.45, 2.75) is 0 Å². The lowest BCUT2D eigenvalue weighted by Gasteiger charge is -2.18. The van der Waals surface area contributed by atoms with Crippen molar-refractivity contribution in [3.05, 3.63) is 29.3 Å². The van der Waals surface area contributed by atoms with Crippen LogP contribution in [0.5, 0.6) is 0 Å². The highest BCUT2D eigenvalue weighted by atomic mass is 16.4. The Bertz CT molecular complexity index is 415. The topological polar surface area (TPSA) is 78.4 Å². The number of hydrogen-bond acceptors (Lipinski definition) is 3. The third kappa shape index (κ3) is 1.28. The summed E-state index contributed by atoms with van der Waals surface area (Å²) < 4.78 is 0. The van der Waals surface area contributed by atoms with Gasteiger partial charge in [0.15, 0.2) is 0 Å². The third-order valence-corrected chi connectivity index (χ3v) is 2.04. The lowest BCUT2D eigenvalue weighted by molar-refractivity contribution is 0.0697. The minimum Gasteiger partial charge on any atom is -0.478 e. The van der Waals surface area contributed by atoms with Gasteiger partial charge in [-0.05, 0) is 18.2 Å². The maximum absolute atomic E-state index is 11.3. The number of benzene rings is 1. The van der Waals surface area contributed by atoms with E-state index in [1.165, 1.54) is 12.1 Å². The molecule has 2 rings (SSSR count). The SMILES string of the molecule is O=C(O)c1ccc2c(c1)C(=O)NCN2. The minimum atomic E-state index is -1.04. The second-order valence-corrected chi connectivity index (χ2v) is 2.92. The molecule has 0 saturated carbocycles. The van der Waals surface area contributed by atoms with E-state index in [-0.39, 0.29) is 11.5 Å². The first-order valence-electron chi connectivity index (χ1n) is 4.08. The molecule has 1 aromatic rings. The van der Waals surface area contributed by atoms with Gasteiger partial charge in [0.05, 0.1) is 17.8 Å². The Morgan fingerprint density at radius 1 is 1.36 bits per heavy atom. The molecule has 0 fully saturated rings. The predicted octanol–water partition coefficient (Wildman–Crippen LogP) is 0.498. The zero-order valence-corrected chi connectivity index (χ0v) is 7.20. The van der Waals surface area contributed by atoms with Gasteiger partial charge in [-0.25, -0.2) is 4.79 Å². The van der Waals surface area contributed by atoms with Crippen LogP contribution in [0.2, 0.25) is 0 Å². The number of aromatic carboxylic acids is 1. The Kier molecular flexibility index (Phi) is 1.85. The number of carboxylic acid groups (broad SMARTS) is 1. The van der Waals surface area contributed by atoms with Crippen molar-refractivity contribution < 1.29 is 14.7 Å². The molecule has 0 spiro atoms. The number of anilines is 1. The van der Waals surface area contributed by atoms with Crippen LogP contribution in [0.1, 0.15) is 20.7 Å². The van der Waals surface area contributed by atoms with E-state index in [1.54, 1.807) is 6.07 Å². The third-order valence-electron chi connectivity index (χ3n) is 2.04. The first-order valence-corrected chi connectivity index (χ1v) is 4.08. The Balaban J connectivity index is 2.51. The monoisotopic (exact) mass is 192 g/mol. The summed E-state index contributed by atoms with van der Waals surface area (Å²) in [6, 6.07) is 4.42. The van der Waals surface area contributed by atoms with Gasteiger partial charge in [0.1, 0.15) is 0 Å². The van der Waals surface area contributed by atoms with Gasteiger partial charge < -0.3 is 15.7 Å². The van der Waals surface area contributed by atoms with Gasteiger partial charge in [-0.3, -0.25) is 4.79 Å². The van der Waals surface area contributed by atoms with Crippen LogP contribution in [0.25, 0.3) is 0 Å². The molecule has 1 aliphatic heterocycles. The van der Waals surface area contributed by atoms with Gasteiger partial charge in [-0.1, -0.05) is 0 Å². The lowest BCUT2D eigenvalue weighted by atomic mass is 10.1. The number of carbonyl (C=O) groups excluding carboxylic acids is 1. The molecule has 0 aromatic heterocycles. The highest BCUT2D eigenvalue weighted by Gasteiger charge is 2.17. The molecule has 0 bridgehead atoms. The molecule has 1 aliphatic rings. The van der Waals surface area contributed by atoms with Crippen LogP contribution in [0, 0.1) is 0 Å². The highest BCUT2D eigenvalue weighted by molar-refractivity contribution is 6.03. The Morgan fingerprint density at radius 3 is 2.86 bits per heavy atom. The molecule has 5 nitrogen and oxygen atoms in total. The Morgan fingerprint density at radius 2 is 2.14 bits per heavy atom. The Labute approximate surface area is 79.7 Å². The van der Waals surface area contributed by atoms with Crippen LogP contribution in [-0.4, -0.2) is 23.7 Å². The van der Waals surface area contributed by atoms with E-state index in [9.17, 15) is 9.59 Å². The van der Waals surface area contributed by atoms with Gasteiger partial charge in [0, 0.05) is 5.69 Å². The average molecular weight is 192 g/mol. The molecule has 72 valence electrons. The quantitative estimate of drug-likeness (QED) is 0.605. The summed E-state index contributed by atoms with van der Waals surface area (Å²) in [7, 11) is 0. The molecule has 0 aliphatic carbocycles. The summed E-state index contributed by atoms with van der Waals surface area (Å²) in [5, 5.41) is 14.2. The number of nitrogens with one attached hydrogen (secondary N) is 2. The molecule has 0 radical (unpaired) electrons. The molecule has 1 heterocycles. The van der Waals surface area contributed by atoms with Gasteiger partial charge in [-0.15, -0.1) is 0 Å². The Hall–Kier alpha value is -2.04. The van der Waals surface area contributed by atoms with E-state index >= 15 is 0 Å². The van der Waals surface area contributed by atoms with E-state index in [0.717, 1.165) is 0 Å². The van der Waals surface area contributed by atoms with Crippen molar-refractivity contribution in [1.82, 2.24) is 5.32 Å². The van der Waals surface area contributed by atoms with E-state index in [2.05, 4.69) is 10.6 Å². The standard InChI is InChI=1S/C9H8N2O3/c12-8-6-3-5(9(13)14)1-2-7(6)10-4-11-8/h1-3,10H,4H2,(H,11,12)(H,13,14). The first kappa shape index (κ1) is 8.55. The van der Waals surface area contributed by atoms with Crippen molar-refractivity contribution in [3.63, 3.8) is 0 Å². The number of fused-ring (bicyclic) bond motifs is 1. The number of carboxylic acids is 1. The largest absolute Gasteiger partial charge is 0.478 e. The van der Waals surface area contributed by atoms with Crippen molar-refractivity contribution in [1.29, 1.82) is 0 Å². The molecule has 1 aromatic carbocycles. The molecule has 1 amide bonds. The number of rotatable bonds is 1. The number of amides is 1. The summed E-state index contributed by atoms with van der Waals surface area (Å²) in [6.45, 7) is 0.373. The summed E-state index contributed by atoms with van der Waals surface area (Å²) in [5.41, 5.74) is 1.15. The van der Waals surface area contributed by atoms with Crippen LogP contribution in [0.15, 0.2) is 18.2 Å². The van der Waals surface area contributed by atoms with Gasteiger partial charge in [0.2, 0.25) is 0 Å². The van der Waals surface area contributed by atoms with E-state index in [1.807, 2.05) is 0 Å². The van der Waals surface area contributed by atoms with E-state index < -0.39 is 5.97 Å².